The SMILES string of the molecule is COc1ccc(OC)c([C@@H]2CCCN2C(=O)COC(=O)COc2ccccc2)c1. The van der Waals surface area contributed by atoms with E-state index in [9.17, 15) is 9.59 Å². The number of nitrogens with zero attached hydrogens (tertiary/aromatic N) is 1. The molecule has 2 aromatic rings. The Labute approximate surface area is 170 Å². The fraction of sp³-hybridized carbons (Fsp3) is 0.364. The highest BCUT2D eigenvalue weighted by Gasteiger charge is 2.32. The smallest absolute Gasteiger partial charge is 0.344 e. The predicted octanol–water partition coefficient (Wildman–Crippen LogP) is 2.99. The third kappa shape index (κ3) is 5.19. The molecular formula is C22H25NO6. The van der Waals surface area contributed by atoms with E-state index in [1.54, 1.807) is 31.3 Å². The molecule has 0 spiro atoms. The second kappa shape index (κ2) is 9.82. The molecule has 3 rings (SSSR count). The Hall–Kier alpha value is -3.22. The minimum atomic E-state index is -0.586. The highest BCUT2D eigenvalue weighted by molar-refractivity contribution is 5.81. The standard InChI is InChI=1S/C22H25NO6/c1-26-17-10-11-20(27-2)18(13-17)19-9-6-12-23(19)21(24)14-29-22(25)15-28-16-7-4-3-5-8-16/h3-5,7-8,10-11,13,19H,6,9,12,14-15H2,1-2H3/t19-/m0/s1. The largest absolute Gasteiger partial charge is 0.497 e. The Bertz CT molecular complexity index is 838. The van der Waals surface area contributed by atoms with Crippen molar-refractivity contribution in [2.24, 2.45) is 0 Å². The van der Waals surface area contributed by atoms with E-state index < -0.39 is 5.97 Å². The second-order valence-corrected chi connectivity index (χ2v) is 6.62. The number of para-hydroxylation sites is 1. The minimum absolute atomic E-state index is 0.146. The van der Waals surface area contributed by atoms with E-state index in [2.05, 4.69) is 0 Å². The summed E-state index contributed by atoms with van der Waals surface area (Å²) in [6.07, 6.45) is 1.67. The molecule has 0 N–H and O–H groups in total. The van der Waals surface area contributed by atoms with E-state index in [0.717, 1.165) is 18.4 Å². The number of amides is 1. The summed E-state index contributed by atoms with van der Waals surface area (Å²) < 4.78 is 21.2. The third-order valence-corrected chi connectivity index (χ3v) is 4.83. The lowest BCUT2D eigenvalue weighted by molar-refractivity contribution is -0.154. The van der Waals surface area contributed by atoms with Crippen LogP contribution in [-0.4, -0.2) is 50.8 Å². The number of esters is 1. The van der Waals surface area contributed by atoms with Gasteiger partial charge in [0.05, 0.1) is 20.3 Å². The summed E-state index contributed by atoms with van der Waals surface area (Å²) in [7, 11) is 3.20. The Morgan fingerprint density at radius 2 is 1.79 bits per heavy atom. The first-order valence-corrected chi connectivity index (χ1v) is 9.47. The van der Waals surface area contributed by atoms with Crippen molar-refractivity contribution in [3.63, 3.8) is 0 Å². The summed E-state index contributed by atoms with van der Waals surface area (Å²) in [6, 6.07) is 14.3. The van der Waals surface area contributed by atoms with Gasteiger partial charge in [0.1, 0.15) is 17.2 Å². The van der Waals surface area contributed by atoms with Crippen LogP contribution in [0.25, 0.3) is 0 Å². The molecule has 0 radical (unpaired) electrons. The van der Waals surface area contributed by atoms with Crippen LogP contribution in [-0.2, 0) is 14.3 Å². The third-order valence-electron chi connectivity index (χ3n) is 4.83. The highest BCUT2D eigenvalue weighted by Crippen LogP contribution is 2.38. The lowest BCUT2D eigenvalue weighted by atomic mass is 10.0. The van der Waals surface area contributed by atoms with Crippen molar-refractivity contribution in [2.45, 2.75) is 18.9 Å². The summed E-state index contributed by atoms with van der Waals surface area (Å²) in [5.74, 6) is 1.14. The fourth-order valence-corrected chi connectivity index (χ4v) is 3.41. The molecule has 0 aliphatic carbocycles. The van der Waals surface area contributed by atoms with Crippen LogP contribution in [0.4, 0.5) is 0 Å². The molecule has 7 heteroatoms. The lowest BCUT2D eigenvalue weighted by Gasteiger charge is -2.26. The van der Waals surface area contributed by atoms with Crippen LogP contribution in [0.5, 0.6) is 17.2 Å². The predicted molar refractivity (Wildman–Crippen MR) is 106 cm³/mol. The van der Waals surface area contributed by atoms with Crippen LogP contribution < -0.4 is 14.2 Å². The van der Waals surface area contributed by atoms with Crippen LogP contribution in [0.1, 0.15) is 24.4 Å². The molecule has 0 aromatic heterocycles. The van der Waals surface area contributed by atoms with Crippen LogP contribution in [0.15, 0.2) is 48.5 Å². The molecule has 0 bridgehead atoms. The Kier molecular flexibility index (Phi) is 6.94. The number of benzene rings is 2. The molecule has 0 unspecified atom stereocenters. The van der Waals surface area contributed by atoms with Gasteiger partial charge in [-0.1, -0.05) is 18.2 Å². The van der Waals surface area contributed by atoms with Crippen molar-refractivity contribution in [2.75, 3.05) is 34.0 Å². The number of ether oxygens (including phenoxy) is 4. The zero-order valence-electron chi connectivity index (χ0n) is 16.6. The maximum atomic E-state index is 12.7. The van der Waals surface area contributed by atoms with Gasteiger partial charge in [-0.05, 0) is 43.2 Å². The quantitative estimate of drug-likeness (QED) is 0.636. The van der Waals surface area contributed by atoms with Crippen LogP contribution in [0.2, 0.25) is 0 Å². The molecule has 1 heterocycles. The van der Waals surface area contributed by atoms with Gasteiger partial charge in [-0.2, -0.15) is 0 Å². The Morgan fingerprint density at radius 1 is 1.00 bits per heavy atom. The number of hydrogen-bond acceptors (Lipinski definition) is 6. The number of likely N-dealkylation sites (tertiary alicyclic amines) is 1. The van der Waals surface area contributed by atoms with Gasteiger partial charge in [0.15, 0.2) is 13.2 Å². The summed E-state index contributed by atoms with van der Waals surface area (Å²) in [5.41, 5.74) is 0.886. The molecule has 1 atom stereocenters. The summed E-state index contributed by atoms with van der Waals surface area (Å²) in [6.45, 7) is 0.0339. The van der Waals surface area contributed by atoms with E-state index in [1.807, 2.05) is 36.4 Å². The number of carbonyl (C=O) groups excluding carboxylic acids is 2. The average molecular weight is 399 g/mol. The summed E-state index contributed by atoms with van der Waals surface area (Å²) in [4.78, 5) is 26.3. The van der Waals surface area contributed by atoms with Gasteiger partial charge in [-0.15, -0.1) is 0 Å². The summed E-state index contributed by atoms with van der Waals surface area (Å²) >= 11 is 0. The molecule has 1 amide bonds. The normalized spacial score (nSPS) is 15.7. The van der Waals surface area contributed by atoms with Crippen molar-refractivity contribution >= 4 is 11.9 Å². The van der Waals surface area contributed by atoms with E-state index in [0.29, 0.717) is 23.8 Å². The maximum Gasteiger partial charge on any atom is 0.344 e. The minimum Gasteiger partial charge on any atom is -0.497 e. The van der Waals surface area contributed by atoms with Gasteiger partial charge in [0.2, 0.25) is 0 Å². The van der Waals surface area contributed by atoms with E-state index in [-0.39, 0.29) is 25.2 Å². The van der Waals surface area contributed by atoms with E-state index in [1.165, 1.54) is 0 Å². The molecule has 1 saturated heterocycles. The number of methoxy groups -OCH3 is 2. The fourth-order valence-electron chi connectivity index (χ4n) is 3.41. The molecular weight excluding hydrogens is 374 g/mol. The van der Waals surface area contributed by atoms with Gasteiger partial charge in [-0.25, -0.2) is 4.79 Å². The van der Waals surface area contributed by atoms with Gasteiger partial charge in [0, 0.05) is 12.1 Å². The van der Waals surface area contributed by atoms with Crippen molar-refractivity contribution in [3.8, 4) is 17.2 Å². The molecule has 0 saturated carbocycles. The topological polar surface area (TPSA) is 74.3 Å². The maximum absolute atomic E-state index is 12.7. The molecule has 1 aliphatic rings. The first-order chi connectivity index (χ1) is 14.1. The molecule has 154 valence electrons. The van der Waals surface area contributed by atoms with Gasteiger partial charge < -0.3 is 23.8 Å². The first-order valence-electron chi connectivity index (χ1n) is 9.47. The average Bonchev–Trinajstić information content (AvgIpc) is 3.26. The molecule has 1 aliphatic heterocycles. The van der Waals surface area contributed by atoms with Crippen molar-refractivity contribution in [1.82, 2.24) is 4.90 Å². The van der Waals surface area contributed by atoms with Crippen molar-refractivity contribution < 1.29 is 28.5 Å². The van der Waals surface area contributed by atoms with Gasteiger partial charge in [0.25, 0.3) is 5.91 Å². The van der Waals surface area contributed by atoms with E-state index >= 15 is 0 Å². The highest BCUT2D eigenvalue weighted by atomic mass is 16.6. The molecule has 1 fully saturated rings. The summed E-state index contributed by atoms with van der Waals surface area (Å²) in [5, 5.41) is 0. The lowest BCUT2D eigenvalue weighted by Crippen LogP contribution is -2.35. The second-order valence-electron chi connectivity index (χ2n) is 6.62. The van der Waals surface area contributed by atoms with Crippen LogP contribution >= 0.6 is 0 Å². The van der Waals surface area contributed by atoms with E-state index in [4.69, 9.17) is 18.9 Å². The zero-order valence-corrected chi connectivity index (χ0v) is 16.6. The zero-order chi connectivity index (χ0) is 20.6. The molecule has 2 aromatic carbocycles. The molecule has 7 nitrogen and oxygen atoms in total. The Balaban J connectivity index is 1.58. The molecule has 29 heavy (non-hydrogen) atoms. The monoisotopic (exact) mass is 399 g/mol. The van der Waals surface area contributed by atoms with Gasteiger partial charge >= 0.3 is 5.97 Å². The Morgan fingerprint density at radius 3 is 2.52 bits per heavy atom. The van der Waals surface area contributed by atoms with Crippen molar-refractivity contribution in [3.05, 3.63) is 54.1 Å². The van der Waals surface area contributed by atoms with Crippen molar-refractivity contribution in [1.29, 1.82) is 0 Å². The van der Waals surface area contributed by atoms with Crippen LogP contribution in [0.3, 0.4) is 0 Å². The number of rotatable bonds is 8. The number of hydrogen-bond donors (Lipinski definition) is 0. The van der Waals surface area contributed by atoms with Crippen LogP contribution in [0, 0.1) is 0 Å². The number of carbonyl (C=O) groups is 2. The van der Waals surface area contributed by atoms with Gasteiger partial charge in [-0.3, -0.25) is 4.79 Å². The first kappa shape index (κ1) is 20.5.